The first-order valence-electron chi connectivity index (χ1n) is 10.5. The molecule has 0 aliphatic carbocycles. The summed E-state index contributed by atoms with van der Waals surface area (Å²) in [6.45, 7) is 0. The number of rotatable bonds is 4. The molecule has 0 saturated carbocycles. The number of hydrogen-bond acceptors (Lipinski definition) is 4. The van der Waals surface area contributed by atoms with E-state index in [9.17, 15) is 9.59 Å². The maximum atomic E-state index is 13.0. The Kier molecular flexibility index (Phi) is 5.36. The number of hydrogen-bond donors (Lipinski definition) is 0. The van der Waals surface area contributed by atoms with Crippen molar-refractivity contribution in [2.45, 2.75) is 0 Å². The SMILES string of the molecule is O=c1c2cccc(N=Nc3cccc4c(=O)n(-c5ccccc5)[se]c34)c2[se]n1-c1ccccc1. The average molecular weight is 574 g/mol. The van der Waals surface area contributed by atoms with Crippen LogP contribution in [0.3, 0.4) is 0 Å². The van der Waals surface area contributed by atoms with Gasteiger partial charge in [-0.25, -0.2) is 0 Å². The molecule has 6 rings (SSSR count). The Morgan fingerprint density at radius 3 is 1.32 bits per heavy atom. The van der Waals surface area contributed by atoms with Gasteiger partial charge in [0.1, 0.15) is 0 Å². The summed E-state index contributed by atoms with van der Waals surface area (Å²) in [5.74, 6) is 0. The predicted octanol–water partition coefficient (Wildman–Crippen LogP) is 4.82. The van der Waals surface area contributed by atoms with Crippen molar-refractivity contribution in [3.63, 3.8) is 0 Å². The van der Waals surface area contributed by atoms with E-state index in [1.807, 2.05) is 104 Å². The molecular formula is C26H16N4O2Se2. The molecule has 34 heavy (non-hydrogen) atoms. The van der Waals surface area contributed by atoms with Crippen LogP contribution in [0.1, 0.15) is 0 Å². The van der Waals surface area contributed by atoms with Crippen LogP contribution in [0.15, 0.2) is 117 Å². The molecule has 0 saturated heterocycles. The monoisotopic (exact) mass is 576 g/mol. The first kappa shape index (κ1) is 21.0. The summed E-state index contributed by atoms with van der Waals surface area (Å²) in [7, 11) is 0. The van der Waals surface area contributed by atoms with Crippen molar-refractivity contribution >= 4 is 60.1 Å². The molecule has 2 aromatic heterocycles. The van der Waals surface area contributed by atoms with Gasteiger partial charge in [0.15, 0.2) is 0 Å². The topological polar surface area (TPSA) is 68.7 Å². The van der Waals surface area contributed by atoms with Crippen molar-refractivity contribution in [3.05, 3.63) is 118 Å². The minimum atomic E-state index is -0.230. The fourth-order valence-corrected chi connectivity index (χ4v) is 8.19. The van der Waals surface area contributed by atoms with Gasteiger partial charge < -0.3 is 0 Å². The van der Waals surface area contributed by atoms with Gasteiger partial charge in [-0.05, 0) is 0 Å². The third-order valence-corrected chi connectivity index (χ3v) is 10.3. The minimum absolute atomic E-state index is 0.00807. The van der Waals surface area contributed by atoms with Gasteiger partial charge in [-0.1, -0.05) is 0 Å². The molecule has 164 valence electrons. The standard InChI is InChI=1S/C26H16N4O2Se2/c31-25-19-13-7-15-21(23(19)33-29(25)17-9-3-1-4-10-17)27-28-22-16-8-14-20-24(22)34-30(26(20)32)18-11-5-2-6-12-18/h1-16H. The molecule has 0 amide bonds. The fourth-order valence-electron chi connectivity index (χ4n) is 3.79. The Balaban J connectivity index is 1.46. The third kappa shape index (κ3) is 3.58. The van der Waals surface area contributed by atoms with E-state index in [0.717, 1.165) is 19.9 Å². The van der Waals surface area contributed by atoms with E-state index in [2.05, 4.69) is 10.2 Å². The summed E-state index contributed by atoms with van der Waals surface area (Å²) in [4.78, 5) is 26.0. The van der Waals surface area contributed by atoms with Gasteiger partial charge in [-0.15, -0.1) is 0 Å². The molecule has 0 aliphatic rings. The summed E-state index contributed by atoms with van der Waals surface area (Å²) in [6.07, 6.45) is 0. The van der Waals surface area contributed by atoms with Gasteiger partial charge in [-0.2, -0.15) is 0 Å². The van der Waals surface area contributed by atoms with E-state index in [1.54, 1.807) is 0 Å². The third-order valence-electron chi connectivity index (χ3n) is 5.43. The van der Waals surface area contributed by atoms with Crippen LogP contribution >= 0.6 is 0 Å². The van der Waals surface area contributed by atoms with Crippen molar-refractivity contribution in [1.29, 1.82) is 0 Å². The zero-order valence-electron chi connectivity index (χ0n) is 17.7. The normalized spacial score (nSPS) is 11.6. The van der Waals surface area contributed by atoms with E-state index < -0.39 is 0 Å². The first-order chi connectivity index (χ1) is 16.7. The van der Waals surface area contributed by atoms with Crippen LogP contribution in [0.2, 0.25) is 0 Å². The average Bonchev–Trinajstić information content (AvgIpc) is 3.41. The summed E-state index contributed by atoms with van der Waals surface area (Å²) in [6, 6.07) is 30.5. The van der Waals surface area contributed by atoms with Crippen LogP contribution < -0.4 is 11.1 Å². The number of nitrogens with zero attached hydrogens (tertiary/aromatic N) is 4. The van der Waals surface area contributed by atoms with Crippen molar-refractivity contribution in [3.8, 4) is 11.4 Å². The fraction of sp³-hybridized carbons (Fsp3) is 0. The molecule has 0 atom stereocenters. The Morgan fingerprint density at radius 2 is 0.912 bits per heavy atom. The van der Waals surface area contributed by atoms with Crippen LogP contribution in [0.5, 0.6) is 0 Å². The Labute approximate surface area is 206 Å². The van der Waals surface area contributed by atoms with Crippen molar-refractivity contribution in [1.82, 2.24) is 7.12 Å². The molecule has 4 aromatic carbocycles. The number of para-hydroxylation sites is 2. The van der Waals surface area contributed by atoms with Gasteiger partial charge >= 0.3 is 207 Å². The van der Waals surface area contributed by atoms with Crippen molar-refractivity contribution in [2.24, 2.45) is 10.2 Å². The summed E-state index contributed by atoms with van der Waals surface area (Å²) in [5.41, 5.74) is 3.14. The Morgan fingerprint density at radius 1 is 0.500 bits per heavy atom. The molecule has 0 bridgehead atoms. The molecule has 0 fully saturated rings. The van der Waals surface area contributed by atoms with Crippen LogP contribution in [0.4, 0.5) is 11.4 Å². The molecular weight excluding hydrogens is 558 g/mol. The molecule has 6 nitrogen and oxygen atoms in total. The summed E-state index contributed by atoms with van der Waals surface area (Å²) in [5, 5.41) is 10.5. The molecule has 0 N–H and O–H groups in total. The van der Waals surface area contributed by atoms with Gasteiger partial charge in [-0.3, -0.25) is 0 Å². The van der Waals surface area contributed by atoms with Crippen LogP contribution in [-0.4, -0.2) is 36.6 Å². The van der Waals surface area contributed by atoms with E-state index in [1.165, 1.54) is 0 Å². The zero-order valence-corrected chi connectivity index (χ0v) is 21.1. The molecule has 0 radical (unpaired) electrons. The molecule has 0 aliphatic heterocycles. The van der Waals surface area contributed by atoms with Crippen molar-refractivity contribution < 1.29 is 0 Å². The second kappa shape index (κ2) is 8.67. The van der Waals surface area contributed by atoms with Crippen LogP contribution in [0.25, 0.3) is 30.7 Å². The number of azo groups is 1. The molecule has 6 aromatic rings. The Hall–Kier alpha value is -3.54. The second-order valence-corrected chi connectivity index (χ2v) is 11.6. The molecule has 0 unspecified atom stereocenters. The van der Waals surface area contributed by atoms with Gasteiger partial charge in [0.05, 0.1) is 0 Å². The number of benzene rings is 4. The van der Waals surface area contributed by atoms with Crippen LogP contribution in [-0.2, 0) is 0 Å². The van der Waals surface area contributed by atoms with Gasteiger partial charge in [0.25, 0.3) is 0 Å². The van der Waals surface area contributed by atoms with Crippen molar-refractivity contribution in [2.75, 3.05) is 0 Å². The maximum absolute atomic E-state index is 13.0. The summed E-state index contributed by atoms with van der Waals surface area (Å²) < 4.78 is 5.48. The van der Waals surface area contributed by atoms with E-state index in [0.29, 0.717) is 22.1 Å². The van der Waals surface area contributed by atoms with E-state index >= 15 is 0 Å². The molecule has 2 heterocycles. The molecule has 8 heteroatoms. The van der Waals surface area contributed by atoms with E-state index in [-0.39, 0.29) is 40.6 Å². The van der Waals surface area contributed by atoms with Gasteiger partial charge in [0.2, 0.25) is 0 Å². The Bertz CT molecular complexity index is 1660. The molecule has 0 spiro atoms. The predicted molar refractivity (Wildman–Crippen MR) is 137 cm³/mol. The summed E-state index contributed by atoms with van der Waals surface area (Å²) >= 11 is -0.460. The van der Waals surface area contributed by atoms with Gasteiger partial charge in [0, 0.05) is 0 Å². The second-order valence-electron chi connectivity index (χ2n) is 7.56. The first-order valence-corrected chi connectivity index (χ1v) is 13.8. The zero-order chi connectivity index (χ0) is 23.1. The quantitative estimate of drug-likeness (QED) is 0.224. The number of fused-ring (bicyclic) bond motifs is 2. The number of aromatic nitrogens is 2. The van der Waals surface area contributed by atoms with Crippen LogP contribution in [0, 0.1) is 0 Å². The van der Waals surface area contributed by atoms with E-state index in [4.69, 9.17) is 0 Å².